The van der Waals surface area contributed by atoms with Crippen LogP contribution < -0.4 is 14.4 Å². The van der Waals surface area contributed by atoms with Crippen LogP contribution >= 0.6 is 0 Å². The number of amides is 1. The Bertz CT molecular complexity index is 1140. The largest absolute Gasteiger partial charge is 0.494 e. The number of hydrogen-bond acceptors (Lipinski definition) is 4. The molecule has 3 aromatic rings. The van der Waals surface area contributed by atoms with Crippen molar-refractivity contribution in [3.05, 3.63) is 83.9 Å². The molecule has 3 aromatic carbocycles. The van der Waals surface area contributed by atoms with Crippen LogP contribution in [0.1, 0.15) is 18.1 Å². The summed E-state index contributed by atoms with van der Waals surface area (Å²) in [7, 11) is -3.94. The second kappa shape index (κ2) is 9.66. The molecule has 0 aliphatic heterocycles. The minimum Gasteiger partial charge on any atom is -0.494 e. The first-order valence-electron chi connectivity index (χ1n) is 9.99. The number of carbonyl (C=O) groups excluding carboxylic acids is 1. The monoisotopic (exact) mass is 438 g/mol. The summed E-state index contributed by atoms with van der Waals surface area (Å²) in [4.78, 5) is 13.0. The highest BCUT2D eigenvalue weighted by atomic mass is 32.2. The van der Waals surface area contributed by atoms with Gasteiger partial charge < -0.3 is 10.1 Å². The molecule has 6 nitrogen and oxygen atoms in total. The Balaban J connectivity index is 1.91. The summed E-state index contributed by atoms with van der Waals surface area (Å²) in [5.74, 6) is 0.258. The first-order chi connectivity index (χ1) is 14.8. The van der Waals surface area contributed by atoms with Crippen LogP contribution in [0.2, 0.25) is 0 Å². The van der Waals surface area contributed by atoms with Crippen molar-refractivity contribution < 1.29 is 17.9 Å². The maximum absolute atomic E-state index is 13.4. The van der Waals surface area contributed by atoms with Crippen molar-refractivity contribution in [3.8, 4) is 5.75 Å². The van der Waals surface area contributed by atoms with E-state index in [0.29, 0.717) is 23.7 Å². The van der Waals surface area contributed by atoms with Gasteiger partial charge in [0.05, 0.1) is 17.2 Å². The zero-order chi connectivity index (χ0) is 22.4. The molecule has 0 spiro atoms. The van der Waals surface area contributed by atoms with Gasteiger partial charge in [-0.3, -0.25) is 9.10 Å². The van der Waals surface area contributed by atoms with Gasteiger partial charge in [-0.25, -0.2) is 8.42 Å². The molecule has 0 fully saturated rings. The third-order valence-corrected chi connectivity index (χ3v) is 6.47. The number of sulfonamides is 1. The number of nitrogens with one attached hydrogen (secondary N) is 1. The van der Waals surface area contributed by atoms with Gasteiger partial charge in [-0.1, -0.05) is 30.3 Å². The van der Waals surface area contributed by atoms with E-state index in [1.807, 2.05) is 32.9 Å². The molecule has 162 valence electrons. The molecule has 0 aliphatic carbocycles. The molecular weight excluding hydrogens is 412 g/mol. The minimum atomic E-state index is -3.94. The Morgan fingerprint density at radius 2 is 1.65 bits per heavy atom. The van der Waals surface area contributed by atoms with E-state index in [1.165, 1.54) is 12.1 Å². The van der Waals surface area contributed by atoms with Crippen molar-refractivity contribution in [2.45, 2.75) is 25.7 Å². The van der Waals surface area contributed by atoms with E-state index in [2.05, 4.69) is 5.32 Å². The van der Waals surface area contributed by atoms with Crippen LogP contribution in [0.25, 0.3) is 0 Å². The Labute approximate surface area is 183 Å². The van der Waals surface area contributed by atoms with Crippen molar-refractivity contribution >= 4 is 27.3 Å². The molecule has 0 heterocycles. The van der Waals surface area contributed by atoms with E-state index in [4.69, 9.17) is 4.74 Å². The molecule has 0 atom stereocenters. The molecule has 1 N–H and O–H groups in total. The molecule has 1 amide bonds. The summed E-state index contributed by atoms with van der Waals surface area (Å²) in [5.41, 5.74) is 2.71. The van der Waals surface area contributed by atoms with Gasteiger partial charge in [-0.15, -0.1) is 0 Å². The molecule has 0 saturated carbocycles. The Kier molecular flexibility index (Phi) is 6.97. The molecule has 0 aliphatic rings. The zero-order valence-corrected chi connectivity index (χ0v) is 18.6. The van der Waals surface area contributed by atoms with E-state index in [0.717, 1.165) is 15.4 Å². The average molecular weight is 439 g/mol. The number of anilines is 2. The lowest BCUT2D eigenvalue weighted by atomic mass is 10.1. The number of nitrogens with zero attached hydrogens (tertiary/aromatic N) is 1. The highest BCUT2D eigenvalue weighted by molar-refractivity contribution is 7.92. The van der Waals surface area contributed by atoms with Crippen LogP contribution in [-0.4, -0.2) is 27.5 Å². The smallest absolute Gasteiger partial charge is 0.264 e. The van der Waals surface area contributed by atoms with Gasteiger partial charge in [0.15, 0.2) is 0 Å². The fraction of sp³-hybridized carbons (Fsp3) is 0.208. The lowest BCUT2D eigenvalue weighted by Crippen LogP contribution is -2.38. The Morgan fingerprint density at radius 1 is 0.968 bits per heavy atom. The quantitative estimate of drug-likeness (QED) is 0.560. The zero-order valence-electron chi connectivity index (χ0n) is 17.8. The first-order valence-corrected chi connectivity index (χ1v) is 11.4. The summed E-state index contributed by atoms with van der Waals surface area (Å²) in [6.45, 7) is 5.80. The van der Waals surface area contributed by atoms with Gasteiger partial charge in [-0.05, 0) is 74.4 Å². The number of benzene rings is 3. The SMILES string of the molecule is CCOc1ccc(NC(=O)CN(c2cc(C)ccc2C)S(=O)(=O)c2ccccc2)cc1. The van der Waals surface area contributed by atoms with E-state index in [1.54, 1.807) is 48.5 Å². The molecule has 0 saturated heterocycles. The lowest BCUT2D eigenvalue weighted by Gasteiger charge is -2.26. The number of hydrogen-bond donors (Lipinski definition) is 1. The number of aryl methyl sites for hydroxylation is 2. The van der Waals surface area contributed by atoms with Gasteiger partial charge in [0.25, 0.3) is 10.0 Å². The van der Waals surface area contributed by atoms with Gasteiger partial charge in [-0.2, -0.15) is 0 Å². The first kappa shape index (κ1) is 22.4. The third-order valence-electron chi connectivity index (χ3n) is 4.70. The molecule has 0 aromatic heterocycles. The standard InChI is InChI=1S/C24H26N2O4S/c1-4-30-21-14-12-20(13-15-21)25-24(27)17-26(23-16-18(2)10-11-19(23)3)31(28,29)22-8-6-5-7-9-22/h5-16H,4,17H2,1-3H3,(H,25,27). The van der Waals surface area contributed by atoms with Gasteiger partial charge in [0.1, 0.15) is 12.3 Å². The maximum Gasteiger partial charge on any atom is 0.264 e. The highest BCUT2D eigenvalue weighted by Crippen LogP contribution is 2.28. The maximum atomic E-state index is 13.4. The van der Waals surface area contributed by atoms with Crippen molar-refractivity contribution in [1.82, 2.24) is 0 Å². The molecule has 0 unspecified atom stereocenters. The summed E-state index contributed by atoms with van der Waals surface area (Å²) < 4.78 is 33.4. The average Bonchev–Trinajstić information content (AvgIpc) is 2.76. The van der Waals surface area contributed by atoms with Crippen LogP contribution in [0.3, 0.4) is 0 Å². The van der Waals surface area contributed by atoms with Crippen LogP contribution in [-0.2, 0) is 14.8 Å². The summed E-state index contributed by atoms with van der Waals surface area (Å²) >= 11 is 0. The van der Waals surface area contributed by atoms with E-state index in [9.17, 15) is 13.2 Å². The van der Waals surface area contributed by atoms with Gasteiger partial charge >= 0.3 is 0 Å². The fourth-order valence-electron chi connectivity index (χ4n) is 3.14. The molecular formula is C24H26N2O4S. The predicted molar refractivity (Wildman–Crippen MR) is 123 cm³/mol. The third kappa shape index (κ3) is 5.44. The highest BCUT2D eigenvalue weighted by Gasteiger charge is 2.28. The van der Waals surface area contributed by atoms with Crippen LogP contribution in [0, 0.1) is 13.8 Å². The Morgan fingerprint density at radius 3 is 2.29 bits per heavy atom. The number of ether oxygens (including phenoxy) is 1. The topological polar surface area (TPSA) is 75.7 Å². The second-order valence-electron chi connectivity index (χ2n) is 7.12. The normalized spacial score (nSPS) is 11.1. The van der Waals surface area contributed by atoms with Gasteiger partial charge in [0.2, 0.25) is 5.91 Å². The minimum absolute atomic E-state index is 0.129. The predicted octanol–water partition coefficient (Wildman–Crippen LogP) is 4.54. The van der Waals surface area contributed by atoms with Crippen LogP contribution in [0.4, 0.5) is 11.4 Å². The second-order valence-corrected chi connectivity index (χ2v) is 8.98. The van der Waals surface area contributed by atoms with Crippen molar-refractivity contribution in [2.75, 3.05) is 22.8 Å². The molecule has 3 rings (SSSR count). The lowest BCUT2D eigenvalue weighted by molar-refractivity contribution is -0.114. The summed E-state index contributed by atoms with van der Waals surface area (Å²) in [6, 6.07) is 20.6. The van der Waals surface area contributed by atoms with Crippen molar-refractivity contribution in [1.29, 1.82) is 0 Å². The van der Waals surface area contributed by atoms with E-state index >= 15 is 0 Å². The molecule has 0 radical (unpaired) electrons. The van der Waals surface area contributed by atoms with E-state index in [-0.39, 0.29) is 11.4 Å². The van der Waals surface area contributed by atoms with Crippen molar-refractivity contribution in [3.63, 3.8) is 0 Å². The van der Waals surface area contributed by atoms with Gasteiger partial charge in [0, 0.05) is 5.69 Å². The molecule has 31 heavy (non-hydrogen) atoms. The van der Waals surface area contributed by atoms with E-state index < -0.39 is 15.9 Å². The molecule has 0 bridgehead atoms. The summed E-state index contributed by atoms with van der Waals surface area (Å²) in [6.07, 6.45) is 0. The molecule has 7 heteroatoms. The fourth-order valence-corrected chi connectivity index (χ4v) is 4.64. The van der Waals surface area contributed by atoms with Crippen LogP contribution in [0.5, 0.6) is 5.75 Å². The Hall–Kier alpha value is -3.32. The number of rotatable bonds is 8. The summed E-state index contributed by atoms with van der Waals surface area (Å²) in [5, 5.41) is 2.77. The van der Waals surface area contributed by atoms with Crippen LogP contribution in [0.15, 0.2) is 77.7 Å². The van der Waals surface area contributed by atoms with Crippen molar-refractivity contribution in [2.24, 2.45) is 0 Å². The number of carbonyl (C=O) groups is 1.